The standard InChI is InChI=1S/C23H29NO6/c1-27-17-7-5-6-16(14-17)20(24-12-10-15(11-13-24)23(25)26)18-8-9-19(28-2)22(30-4)21(18)29-3/h5-9,14-15,20H,10-13H2,1-4H3,(H,25,26). The zero-order chi connectivity index (χ0) is 21.7. The Labute approximate surface area is 177 Å². The van der Waals surface area contributed by atoms with Crippen LogP contribution in [0.5, 0.6) is 23.0 Å². The van der Waals surface area contributed by atoms with Crippen molar-refractivity contribution in [1.82, 2.24) is 4.90 Å². The summed E-state index contributed by atoms with van der Waals surface area (Å²) in [6.45, 7) is 1.33. The molecule has 2 aromatic carbocycles. The molecule has 7 heteroatoms. The Hall–Kier alpha value is -2.93. The fraction of sp³-hybridized carbons (Fsp3) is 0.435. The van der Waals surface area contributed by atoms with E-state index in [1.807, 2.05) is 36.4 Å². The first kappa shape index (κ1) is 21.8. The molecule has 1 N–H and O–H groups in total. The molecule has 1 aliphatic rings. The van der Waals surface area contributed by atoms with Crippen molar-refractivity contribution in [2.75, 3.05) is 41.5 Å². The van der Waals surface area contributed by atoms with Crippen LogP contribution in [0.25, 0.3) is 0 Å². The predicted molar refractivity (Wildman–Crippen MR) is 113 cm³/mol. The van der Waals surface area contributed by atoms with Gasteiger partial charge in [-0.15, -0.1) is 0 Å². The van der Waals surface area contributed by atoms with E-state index in [9.17, 15) is 9.90 Å². The van der Waals surface area contributed by atoms with Gasteiger partial charge in [-0.05, 0) is 55.8 Å². The zero-order valence-corrected chi connectivity index (χ0v) is 17.9. The number of carboxylic acid groups (broad SMARTS) is 1. The van der Waals surface area contributed by atoms with Crippen molar-refractivity contribution in [1.29, 1.82) is 0 Å². The molecule has 1 aliphatic heterocycles. The fourth-order valence-electron chi connectivity index (χ4n) is 4.14. The van der Waals surface area contributed by atoms with Crippen LogP contribution in [0.2, 0.25) is 0 Å². The van der Waals surface area contributed by atoms with Crippen LogP contribution in [0.3, 0.4) is 0 Å². The molecule has 0 amide bonds. The minimum atomic E-state index is -0.726. The molecule has 162 valence electrons. The smallest absolute Gasteiger partial charge is 0.306 e. The van der Waals surface area contributed by atoms with E-state index in [4.69, 9.17) is 18.9 Å². The largest absolute Gasteiger partial charge is 0.497 e. The maximum absolute atomic E-state index is 11.4. The van der Waals surface area contributed by atoms with Crippen molar-refractivity contribution in [2.45, 2.75) is 18.9 Å². The number of hydrogen-bond acceptors (Lipinski definition) is 6. The maximum atomic E-state index is 11.4. The summed E-state index contributed by atoms with van der Waals surface area (Å²) in [4.78, 5) is 13.7. The fourth-order valence-corrected chi connectivity index (χ4v) is 4.14. The Morgan fingerprint density at radius 2 is 1.67 bits per heavy atom. The summed E-state index contributed by atoms with van der Waals surface area (Å²) >= 11 is 0. The first-order chi connectivity index (χ1) is 14.5. The number of piperidine rings is 1. The summed E-state index contributed by atoms with van der Waals surface area (Å²) in [5, 5.41) is 9.39. The van der Waals surface area contributed by atoms with E-state index in [2.05, 4.69) is 4.90 Å². The molecule has 1 unspecified atom stereocenters. The second-order valence-corrected chi connectivity index (χ2v) is 7.25. The lowest BCUT2D eigenvalue weighted by molar-refractivity contribution is -0.143. The number of benzene rings is 2. The van der Waals surface area contributed by atoms with E-state index in [1.54, 1.807) is 28.4 Å². The second kappa shape index (κ2) is 9.71. The number of ether oxygens (including phenoxy) is 4. The third kappa shape index (κ3) is 4.31. The van der Waals surface area contributed by atoms with E-state index in [0.29, 0.717) is 43.2 Å². The van der Waals surface area contributed by atoms with Gasteiger partial charge in [-0.1, -0.05) is 12.1 Å². The van der Waals surface area contributed by atoms with Gasteiger partial charge < -0.3 is 24.1 Å². The molecular formula is C23H29NO6. The summed E-state index contributed by atoms with van der Waals surface area (Å²) in [5.74, 6) is 1.45. The molecular weight excluding hydrogens is 386 g/mol. The Kier molecular flexibility index (Phi) is 7.05. The molecule has 0 aliphatic carbocycles. The Bertz CT molecular complexity index is 876. The van der Waals surface area contributed by atoms with Gasteiger partial charge in [0.25, 0.3) is 0 Å². The Balaban J connectivity index is 2.09. The average Bonchev–Trinajstić information content (AvgIpc) is 2.79. The van der Waals surface area contributed by atoms with Crippen LogP contribution in [-0.4, -0.2) is 57.5 Å². The predicted octanol–water partition coefficient (Wildman–Crippen LogP) is 3.61. The van der Waals surface area contributed by atoms with Crippen LogP contribution in [0, 0.1) is 5.92 Å². The first-order valence-corrected chi connectivity index (χ1v) is 9.93. The number of aliphatic carboxylic acids is 1. The van der Waals surface area contributed by atoms with Gasteiger partial charge in [0, 0.05) is 5.56 Å². The number of carboxylic acids is 1. The molecule has 0 aromatic heterocycles. The molecule has 0 radical (unpaired) electrons. The minimum absolute atomic E-state index is 0.149. The van der Waals surface area contributed by atoms with Gasteiger partial charge in [0.05, 0.1) is 40.4 Å². The molecule has 1 fully saturated rings. The SMILES string of the molecule is COc1cccc(C(c2ccc(OC)c(OC)c2OC)N2CCC(C(=O)O)CC2)c1. The number of methoxy groups -OCH3 is 4. The number of carbonyl (C=O) groups is 1. The van der Waals surface area contributed by atoms with Gasteiger partial charge in [-0.2, -0.15) is 0 Å². The maximum Gasteiger partial charge on any atom is 0.306 e. The van der Waals surface area contributed by atoms with E-state index in [1.165, 1.54) is 0 Å². The van der Waals surface area contributed by atoms with Crippen molar-refractivity contribution >= 4 is 5.97 Å². The van der Waals surface area contributed by atoms with Crippen molar-refractivity contribution < 1.29 is 28.8 Å². The van der Waals surface area contributed by atoms with E-state index >= 15 is 0 Å². The Morgan fingerprint density at radius 3 is 2.23 bits per heavy atom. The highest BCUT2D eigenvalue weighted by atomic mass is 16.5. The third-order valence-corrected chi connectivity index (χ3v) is 5.68. The van der Waals surface area contributed by atoms with Crippen LogP contribution in [0.15, 0.2) is 36.4 Å². The van der Waals surface area contributed by atoms with Gasteiger partial charge in [0.2, 0.25) is 5.75 Å². The number of nitrogens with zero attached hydrogens (tertiary/aromatic N) is 1. The molecule has 0 bridgehead atoms. The molecule has 0 saturated carbocycles. The van der Waals surface area contributed by atoms with Gasteiger partial charge in [0.15, 0.2) is 11.5 Å². The highest BCUT2D eigenvalue weighted by molar-refractivity contribution is 5.70. The Morgan fingerprint density at radius 1 is 0.967 bits per heavy atom. The van der Waals surface area contributed by atoms with Gasteiger partial charge in [0.1, 0.15) is 5.75 Å². The number of rotatable bonds is 8. The lowest BCUT2D eigenvalue weighted by Gasteiger charge is -2.37. The lowest BCUT2D eigenvalue weighted by atomic mass is 9.90. The third-order valence-electron chi connectivity index (χ3n) is 5.68. The van der Waals surface area contributed by atoms with E-state index in [0.717, 1.165) is 16.9 Å². The topological polar surface area (TPSA) is 77.5 Å². The highest BCUT2D eigenvalue weighted by Gasteiger charge is 2.33. The van der Waals surface area contributed by atoms with Crippen LogP contribution < -0.4 is 18.9 Å². The van der Waals surface area contributed by atoms with E-state index < -0.39 is 5.97 Å². The molecule has 3 rings (SSSR count). The lowest BCUT2D eigenvalue weighted by Crippen LogP contribution is -2.39. The molecule has 7 nitrogen and oxygen atoms in total. The summed E-state index contributed by atoms with van der Waals surface area (Å²) in [6, 6.07) is 11.6. The van der Waals surface area contributed by atoms with Crippen LogP contribution in [0.1, 0.15) is 30.0 Å². The molecule has 0 spiro atoms. The van der Waals surface area contributed by atoms with Crippen molar-refractivity contribution in [3.05, 3.63) is 47.5 Å². The minimum Gasteiger partial charge on any atom is -0.497 e. The molecule has 1 saturated heterocycles. The molecule has 2 aromatic rings. The summed E-state index contributed by atoms with van der Waals surface area (Å²) in [7, 11) is 6.43. The second-order valence-electron chi connectivity index (χ2n) is 7.25. The zero-order valence-electron chi connectivity index (χ0n) is 17.9. The summed E-state index contributed by atoms with van der Waals surface area (Å²) in [5.41, 5.74) is 1.96. The quantitative estimate of drug-likeness (QED) is 0.706. The van der Waals surface area contributed by atoms with Crippen molar-refractivity contribution in [2.24, 2.45) is 5.92 Å². The van der Waals surface area contributed by atoms with Gasteiger partial charge >= 0.3 is 5.97 Å². The van der Waals surface area contributed by atoms with Crippen LogP contribution >= 0.6 is 0 Å². The van der Waals surface area contributed by atoms with Crippen molar-refractivity contribution in [3.63, 3.8) is 0 Å². The summed E-state index contributed by atoms with van der Waals surface area (Å²) in [6.07, 6.45) is 1.21. The van der Waals surface area contributed by atoms with E-state index in [-0.39, 0.29) is 12.0 Å². The van der Waals surface area contributed by atoms with Crippen LogP contribution in [0.4, 0.5) is 0 Å². The molecule has 1 atom stereocenters. The van der Waals surface area contributed by atoms with Gasteiger partial charge in [-0.25, -0.2) is 0 Å². The highest BCUT2D eigenvalue weighted by Crippen LogP contribution is 2.46. The molecule has 30 heavy (non-hydrogen) atoms. The van der Waals surface area contributed by atoms with Crippen molar-refractivity contribution in [3.8, 4) is 23.0 Å². The normalized spacial score (nSPS) is 16.0. The van der Waals surface area contributed by atoms with Gasteiger partial charge in [-0.3, -0.25) is 9.69 Å². The number of likely N-dealkylation sites (tertiary alicyclic amines) is 1. The first-order valence-electron chi connectivity index (χ1n) is 9.93. The summed E-state index contributed by atoms with van der Waals surface area (Å²) < 4.78 is 22.2. The monoisotopic (exact) mass is 415 g/mol. The molecule has 1 heterocycles. The van der Waals surface area contributed by atoms with Crippen LogP contribution in [-0.2, 0) is 4.79 Å². The average molecular weight is 415 g/mol. The number of hydrogen-bond donors (Lipinski definition) is 1.